The van der Waals surface area contributed by atoms with E-state index < -0.39 is 0 Å². The third-order valence-corrected chi connectivity index (χ3v) is 4.99. The Morgan fingerprint density at radius 3 is 2.48 bits per heavy atom. The fourth-order valence-corrected chi connectivity index (χ4v) is 2.56. The molecule has 2 aromatic carbocycles. The molecule has 0 aliphatic carbocycles. The van der Waals surface area contributed by atoms with Gasteiger partial charge in [-0.15, -0.1) is 0 Å². The maximum atomic E-state index is 12.2. The molecule has 0 aliphatic rings. The van der Waals surface area contributed by atoms with Gasteiger partial charge in [0, 0.05) is 9.13 Å². The van der Waals surface area contributed by atoms with Gasteiger partial charge in [-0.1, -0.05) is 42.8 Å². The number of nitrogens with one attached hydrogen (secondary N) is 1. The van der Waals surface area contributed by atoms with Gasteiger partial charge in [-0.05, 0) is 65.3 Å². The fraction of sp³-hybridized carbons (Fsp3) is 0.235. The number of hydrogen-bond donors (Lipinski definition) is 1. The number of halogens is 2. The van der Waals surface area contributed by atoms with Gasteiger partial charge in [0.15, 0.2) is 0 Å². The van der Waals surface area contributed by atoms with Crippen LogP contribution in [0.4, 0.5) is 0 Å². The first-order valence-corrected chi connectivity index (χ1v) is 8.31. The van der Waals surface area contributed by atoms with Crippen molar-refractivity contribution in [1.82, 2.24) is 5.32 Å². The standard InChI is InChI=1S/C17H17ClINO/c1-3-12-4-6-13(7-5-12)11(2)20-17(21)14-8-9-16(19)15(18)10-14/h4-11H,3H2,1-2H3,(H,20,21). The van der Waals surface area contributed by atoms with Crippen LogP contribution in [0.1, 0.15) is 41.4 Å². The molecule has 110 valence electrons. The van der Waals surface area contributed by atoms with E-state index in [1.807, 2.05) is 13.0 Å². The van der Waals surface area contributed by atoms with Gasteiger partial charge in [0.2, 0.25) is 0 Å². The van der Waals surface area contributed by atoms with E-state index in [-0.39, 0.29) is 11.9 Å². The molecule has 4 heteroatoms. The summed E-state index contributed by atoms with van der Waals surface area (Å²) >= 11 is 8.20. The predicted octanol–water partition coefficient (Wildman–Crippen LogP) is 5.00. The van der Waals surface area contributed by atoms with E-state index in [0.717, 1.165) is 15.6 Å². The number of rotatable bonds is 4. The molecule has 0 heterocycles. The number of hydrogen-bond acceptors (Lipinski definition) is 1. The molecule has 0 fully saturated rings. The van der Waals surface area contributed by atoms with Crippen LogP contribution in [0, 0.1) is 3.57 Å². The summed E-state index contributed by atoms with van der Waals surface area (Å²) in [5.74, 6) is -0.111. The first-order chi connectivity index (χ1) is 10.0. The number of aryl methyl sites for hydroxylation is 1. The van der Waals surface area contributed by atoms with Crippen LogP contribution in [0.2, 0.25) is 5.02 Å². The van der Waals surface area contributed by atoms with Crippen LogP contribution in [-0.2, 0) is 6.42 Å². The lowest BCUT2D eigenvalue weighted by molar-refractivity contribution is 0.0940. The Labute approximate surface area is 144 Å². The van der Waals surface area contributed by atoms with Crippen LogP contribution < -0.4 is 5.32 Å². The van der Waals surface area contributed by atoms with E-state index in [2.05, 4.69) is 59.1 Å². The Kier molecular flexibility index (Phi) is 5.65. The summed E-state index contributed by atoms with van der Waals surface area (Å²) in [6.07, 6.45) is 1.02. The Hall–Kier alpha value is -1.07. The van der Waals surface area contributed by atoms with Gasteiger partial charge in [0.25, 0.3) is 5.91 Å². The minimum Gasteiger partial charge on any atom is -0.346 e. The highest BCUT2D eigenvalue weighted by Gasteiger charge is 2.12. The second kappa shape index (κ2) is 7.27. The number of carbonyl (C=O) groups excluding carboxylic acids is 1. The molecule has 2 nitrogen and oxygen atoms in total. The zero-order valence-electron chi connectivity index (χ0n) is 12.0. The van der Waals surface area contributed by atoms with Crippen LogP contribution in [0.3, 0.4) is 0 Å². The van der Waals surface area contributed by atoms with Gasteiger partial charge >= 0.3 is 0 Å². The molecule has 21 heavy (non-hydrogen) atoms. The van der Waals surface area contributed by atoms with E-state index in [0.29, 0.717) is 10.6 Å². The quantitative estimate of drug-likeness (QED) is 0.702. The van der Waals surface area contributed by atoms with Crippen molar-refractivity contribution >= 4 is 40.1 Å². The highest BCUT2D eigenvalue weighted by molar-refractivity contribution is 14.1. The van der Waals surface area contributed by atoms with Crippen molar-refractivity contribution in [1.29, 1.82) is 0 Å². The fourth-order valence-electron chi connectivity index (χ4n) is 2.04. The summed E-state index contributed by atoms with van der Waals surface area (Å²) in [4.78, 5) is 12.2. The SMILES string of the molecule is CCc1ccc(C(C)NC(=O)c2ccc(I)c(Cl)c2)cc1. The van der Waals surface area contributed by atoms with Crippen molar-refractivity contribution in [3.05, 3.63) is 67.7 Å². The van der Waals surface area contributed by atoms with Crippen LogP contribution >= 0.6 is 34.2 Å². The second-order valence-corrected chi connectivity index (χ2v) is 6.49. The monoisotopic (exact) mass is 413 g/mol. The summed E-state index contributed by atoms with van der Waals surface area (Å²) < 4.78 is 0.939. The molecular weight excluding hydrogens is 397 g/mol. The molecule has 1 unspecified atom stereocenters. The van der Waals surface area contributed by atoms with E-state index in [4.69, 9.17) is 11.6 Å². The van der Waals surface area contributed by atoms with Gasteiger partial charge in [-0.2, -0.15) is 0 Å². The topological polar surface area (TPSA) is 29.1 Å². The summed E-state index contributed by atoms with van der Waals surface area (Å²) in [5, 5.41) is 3.60. The van der Waals surface area contributed by atoms with Crippen LogP contribution in [0.15, 0.2) is 42.5 Å². The lowest BCUT2D eigenvalue weighted by Crippen LogP contribution is -2.26. The summed E-state index contributed by atoms with van der Waals surface area (Å²) in [6, 6.07) is 13.6. The van der Waals surface area contributed by atoms with Crippen LogP contribution in [-0.4, -0.2) is 5.91 Å². The molecule has 0 spiro atoms. The summed E-state index contributed by atoms with van der Waals surface area (Å²) in [7, 11) is 0. The lowest BCUT2D eigenvalue weighted by Gasteiger charge is -2.15. The molecule has 1 amide bonds. The Balaban J connectivity index is 2.08. The van der Waals surface area contributed by atoms with Gasteiger partial charge in [-0.25, -0.2) is 0 Å². The van der Waals surface area contributed by atoms with Crippen molar-refractivity contribution in [2.75, 3.05) is 0 Å². The van der Waals surface area contributed by atoms with E-state index in [1.54, 1.807) is 12.1 Å². The third kappa shape index (κ3) is 4.20. The third-order valence-electron chi connectivity index (χ3n) is 3.42. The highest BCUT2D eigenvalue weighted by atomic mass is 127. The molecule has 0 aliphatic heterocycles. The molecule has 2 rings (SSSR count). The largest absolute Gasteiger partial charge is 0.346 e. The number of carbonyl (C=O) groups is 1. The van der Waals surface area contributed by atoms with Crippen molar-refractivity contribution in [2.45, 2.75) is 26.3 Å². The molecule has 0 radical (unpaired) electrons. The van der Waals surface area contributed by atoms with Crippen molar-refractivity contribution in [3.63, 3.8) is 0 Å². The number of benzene rings is 2. The summed E-state index contributed by atoms with van der Waals surface area (Å²) in [6.45, 7) is 4.11. The zero-order chi connectivity index (χ0) is 15.4. The smallest absolute Gasteiger partial charge is 0.251 e. The molecule has 0 aromatic heterocycles. The van der Waals surface area contributed by atoms with Gasteiger partial charge in [-0.3, -0.25) is 4.79 Å². The molecule has 0 bridgehead atoms. The maximum Gasteiger partial charge on any atom is 0.251 e. The van der Waals surface area contributed by atoms with Gasteiger partial charge < -0.3 is 5.32 Å². The molecule has 1 N–H and O–H groups in total. The molecule has 2 aromatic rings. The average Bonchev–Trinajstić information content (AvgIpc) is 2.50. The van der Waals surface area contributed by atoms with Crippen LogP contribution in [0.25, 0.3) is 0 Å². The van der Waals surface area contributed by atoms with E-state index in [9.17, 15) is 4.79 Å². The Morgan fingerprint density at radius 1 is 1.24 bits per heavy atom. The normalized spacial score (nSPS) is 12.0. The first-order valence-electron chi connectivity index (χ1n) is 6.86. The highest BCUT2D eigenvalue weighted by Crippen LogP contribution is 2.20. The minimum absolute atomic E-state index is 0.0403. The molecule has 1 atom stereocenters. The molecular formula is C17H17ClINO. The van der Waals surface area contributed by atoms with E-state index >= 15 is 0 Å². The Bertz CT molecular complexity index is 640. The molecule has 0 saturated carbocycles. The van der Waals surface area contributed by atoms with E-state index in [1.165, 1.54) is 5.56 Å². The summed E-state index contributed by atoms with van der Waals surface area (Å²) in [5.41, 5.74) is 2.97. The second-order valence-electron chi connectivity index (χ2n) is 4.92. The predicted molar refractivity (Wildman–Crippen MR) is 95.9 cm³/mol. The van der Waals surface area contributed by atoms with Crippen molar-refractivity contribution in [3.8, 4) is 0 Å². The minimum atomic E-state index is -0.111. The average molecular weight is 414 g/mol. The van der Waals surface area contributed by atoms with Gasteiger partial charge in [0.05, 0.1) is 11.1 Å². The first kappa shape index (κ1) is 16.3. The zero-order valence-corrected chi connectivity index (χ0v) is 14.9. The van der Waals surface area contributed by atoms with Crippen molar-refractivity contribution < 1.29 is 4.79 Å². The lowest BCUT2D eigenvalue weighted by atomic mass is 10.0. The maximum absolute atomic E-state index is 12.2. The molecule has 0 saturated heterocycles. The van der Waals surface area contributed by atoms with Crippen molar-refractivity contribution in [2.24, 2.45) is 0 Å². The van der Waals surface area contributed by atoms with Gasteiger partial charge in [0.1, 0.15) is 0 Å². The number of amides is 1. The Morgan fingerprint density at radius 2 is 1.90 bits per heavy atom. The van der Waals surface area contributed by atoms with Crippen LogP contribution in [0.5, 0.6) is 0 Å².